The highest BCUT2D eigenvalue weighted by Crippen LogP contribution is 2.35. The Kier molecular flexibility index (Phi) is 3.81. The highest BCUT2D eigenvalue weighted by atomic mass is 16.3. The van der Waals surface area contributed by atoms with Crippen molar-refractivity contribution in [3.8, 4) is 0 Å². The fourth-order valence-corrected chi connectivity index (χ4v) is 3.02. The summed E-state index contributed by atoms with van der Waals surface area (Å²) in [6.07, 6.45) is 4.52. The minimum Gasteiger partial charge on any atom is -0.399 e. The van der Waals surface area contributed by atoms with Gasteiger partial charge >= 0.3 is 0 Å². The van der Waals surface area contributed by atoms with Crippen LogP contribution >= 0.6 is 0 Å². The third-order valence-corrected chi connectivity index (χ3v) is 4.07. The number of aryl methyl sites for hydroxylation is 1. The summed E-state index contributed by atoms with van der Waals surface area (Å²) in [6, 6.07) is 5.99. The first-order valence-electron chi connectivity index (χ1n) is 6.80. The Morgan fingerprint density at radius 3 is 2.89 bits per heavy atom. The van der Waals surface area contributed by atoms with E-state index in [0.717, 1.165) is 29.8 Å². The summed E-state index contributed by atoms with van der Waals surface area (Å²) < 4.78 is 0. The second-order valence-corrected chi connectivity index (χ2v) is 5.84. The summed E-state index contributed by atoms with van der Waals surface area (Å²) in [5, 5.41) is 13.3. The van der Waals surface area contributed by atoms with Gasteiger partial charge in [0.05, 0.1) is 12.1 Å². The van der Waals surface area contributed by atoms with Crippen LogP contribution in [0.1, 0.15) is 38.2 Å². The SMILES string of the molecule is Cc1cc(NC2(CO)CCCC(C)C2)ccc1N. The van der Waals surface area contributed by atoms with E-state index in [4.69, 9.17) is 5.73 Å². The van der Waals surface area contributed by atoms with E-state index < -0.39 is 0 Å². The van der Waals surface area contributed by atoms with E-state index in [1.807, 2.05) is 19.1 Å². The van der Waals surface area contributed by atoms with Crippen LogP contribution in [0.25, 0.3) is 0 Å². The van der Waals surface area contributed by atoms with Crippen molar-refractivity contribution >= 4 is 11.4 Å². The van der Waals surface area contributed by atoms with Crippen molar-refractivity contribution in [1.29, 1.82) is 0 Å². The molecule has 2 unspecified atom stereocenters. The maximum absolute atomic E-state index is 9.76. The molecule has 3 nitrogen and oxygen atoms in total. The number of anilines is 2. The Morgan fingerprint density at radius 2 is 2.28 bits per heavy atom. The van der Waals surface area contributed by atoms with Crippen LogP contribution in [0.5, 0.6) is 0 Å². The van der Waals surface area contributed by atoms with Crippen LogP contribution < -0.4 is 11.1 Å². The van der Waals surface area contributed by atoms with E-state index in [1.165, 1.54) is 12.8 Å². The predicted octanol–water partition coefficient (Wildman–Crippen LogP) is 2.93. The topological polar surface area (TPSA) is 58.3 Å². The van der Waals surface area contributed by atoms with Crippen molar-refractivity contribution < 1.29 is 5.11 Å². The molecule has 18 heavy (non-hydrogen) atoms. The molecule has 1 aliphatic carbocycles. The van der Waals surface area contributed by atoms with Crippen LogP contribution in [-0.4, -0.2) is 17.3 Å². The Balaban J connectivity index is 2.16. The van der Waals surface area contributed by atoms with Gasteiger partial charge in [-0.3, -0.25) is 0 Å². The zero-order valence-electron chi connectivity index (χ0n) is 11.4. The molecular weight excluding hydrogens is 224 g/mol. The summed E-state index contributed by atoms with van der Waals surface area (Å²) in [4.78, 5) is 0. The Hall–Kier alpha value is -1.22. The average Bonchev–Trinajstić information content (AvgIpc) is 2.34. The van der Waals surface area contributed by atoms with Gasteiger partial charge in [0.2, 0.25) is 0 Å². The van der Waals surface area contributed by atoms with Crippen molar-refractivity contribution in [3.05, 3.63) is 23.8 Å². The van der Waals surface area contributed by atoms with Gasteiger partial charge < -0.3 is 16.2 Å². The molecule has 0 saturated heterocycles. The number of hydrogen-bond donors (Lipinski definition) is 3. The van der Waals surface area contributed by atoms with E-state index >= 15 is 0 Å². The molecule has 0 spiro atoms. The van der Waals surface area contributed by atoms with E-state index in [2.05, 4.69) is 18.3 Å². The third-order valence-electron chi connectivity index (χ3n) is 4.07. The first-order chi connectivity index (χ1) is 8.54. The monoisotopic (exact) mass is 248 g/mol. The summed E-state index contributed by atoms with van der Waals surface area (Å²) >= 11 is 0. The number of aliphatic hydroxyl groups excluding tert-OH is 1. The normalized spacial score (nSPS) is 28.1. The van der Waals surface area contributed by atoms with Gasteiger partial charge in [-0.2, -0.15) is 0 Å². The summed E-state index contributed by atoms with van der Waals surface area (Å²) in [6.45, 7) is 4.47. The lowest BCUT2D eigenvalue weighted by Gasteiger charge is -2.40. The zero-order chi connectivity index (χ0) is 13.2. The van der Waals surface area contributed by atoms with Gasteiger partial charge in [0.15, 0.2) is 0 Å². The Labute approximate surface area is 109 Å². The number of aliphatic hydroxyl groups is 1. The third kappa shape index (κ3) is 2.78. The smallest absolute Gasteiger partial charge is 0.0661 e. The molecule has 1 fully saturated rings. The van der Waals surface area contributed by atoms with Crippen LogP contribution in [0.15, 0.2) is 18.2 Å². The van der Waals surface area contributed by atoms with E-state index in [-0.39, 0.29) is 12.1 Å². The number of nitrogens with one attached hydrogen (secondary N) is 1. The van der Waals surface area contributed by atoms with Crippen LogP contribution in [0, 0.1) is 12.8 Å². The molecule has 0 heterocycles. The van der Waals surface area contributed by atoms with E-state index in [0.29, 0.717) is 5.92 Å². The highest BCUT2D eigenvalue weighted by molar-refractivity contribution is 5.57. The van der Waals surface area contributed by atoms with Crippen molar-refractivity contribution in [2.75, 3.05) is 17.7 Å². The number of nitrogens with two attached hydrogens (primary N) is 1. The lowest BCUT2D eigenvalue weighted by atomic mass is 9.76. The molecule has 1 aliphatic rings. The molecule has 2 atom stereocenters. The predicted molar refractivity (Wildman–Crippen MR) is 76.7 cm³/mol. The number of rotatable bonds is 3. The summed E-state index contributed by atoms with van der Waals surface area (Å²) in [7, 11) is 0. The fourth-order valence-electron chi connectivity index (χ4n) is 3.02. The maximum atomic E-state index is 9.76. The second-order valence-electron chi connectivity index (χ2n) is 5.84. The van der Waals surface area contributed by atoms with Crippen molar-refractivity contribution in [1.82, 2.24) is 0 Å². The molecule has 0 bridgehead atoms. The van der Waals surface area contributed by atoms with Crippen molar-refractivity contribution in [2.24, 2.45) is 5.92 Å². The molecule has 1 aromatic rings. The largest absolute Gasteiger partial charge is 0.399 e. The number of nitrogen functional groups attached to an aromatic ring is 1. The lowest BCUT2D eigenvalue weighted by Crippen LogP contribution is -2.45. The quantitative estimate of drug-likeness (QED) is 0.721. The minimum atomic E-state index is -0.153. The molecular formula is C15H24N2O. The summed E-state index contributed by atoms with van der Waals surface area (Å²) in [5.41, 5.74) is 8.64. The minimum absolute atomic E-state index is 0.153. The van der Waals surface area contributed by atoms with E-state index in [1.54, 1.807) is 0 Å². The first kappa shape index (κ1) is 13.2. The number of benzene rings is 1. The second kappa shape index (κ2) is 5.19. The average molecular weight is 248 g/mol. The first-order valence-corrected chi connectivity index (χ1v) is 6.80. The maximum Gasteiger partial charge on any atom is 0.0661 e. The Bertz CT molecular complexity index is 419. The highest BCUT2D eigenvalue weighted by Gasteiger charge is 2.34. The molecule has 0 aromatic heterocycles. The standard InChI is InChI=1S/C15H24N2O/c1-11-4-3-7-15(9-11,10-18)17-13-5-6-14(16)12(2)8-13/h5-6,8,11,17-18H,3-4,7,9-10,16H2,1-2H3. The molecule has 3 heteroatoms. The molecule has 1 aromatic carbocycles. The van der Waals surface area contributed by atoms with Crippen LogP contribution in [0.2, 0.25) is 0 Å². The lowest BCUT2D eigenvalue weighted by molar-refractivity contribution is 0.149. The molecule has 0 aliphatic heterocycles. The van der Waals surface area contributed by atoms with Gasteiger partial charge in [-0.05, 0) is 49.4 Å². The zero-order valence-corrected chi connectivity index (χ0v) is 11.4. The van der Waals surface area contributed by atoms with Crippen LogP contribution in [0.3, 0.4) is 0 Å². The van der Waals surface area contributed by atoms with Gasteiger partial charge in [0.25, 0.3) is 0 Å². The molecule has 0 radical (unpaired) electrons. The summed E-state index contributed by atoms with van der Waals surface area (Å²) in [5.74, 6) is 0.674. The van der Waals surface area contributed by atoms with Gasteiger partial charge in [-0.25, -0.2) is 0 Å². The Morgan fingerprint density at radius 1 is 1.50 bits per heavy atom. The van der Waals surface area contributed by atoms with Gasteiger partial charge in [0, 0.05) is 11.4 Å². The van der Waals surface area contributed by atoms with E-state index in [9.17, 15) is 5.11 Å². The molecule has 2 rings (SSSR count). The van der Waals surface area contributed by atoms with Gasteiger partial charge in [-0.15, -0.1) is 0 Å². The van der Waals surface area contributed by atoms with Crippen molar-refractivity contribution in [2.45, 2.75) is 45.1 Å². The fraction of sp³-hybridized carbons (Fsp3) is 0.600. The number of hydrogen-bond acceptors (Lipinski definition) is 3. The molecule has 1 saturated carbocycles. The van der Waals surface area contributed by atoms with Gasteiger partial charge in [0.1, 0.15) is 0 Å². The molecule has 4 N–H and O–H groups in total. The molecule has 0 amide bonds. The van der Waals surface area contributed by atoms with Crippen LogP contribution in [-0.2, 0) is 0 Å². The molecule has 100 valence electrons. The van der Waals surface area contributed by atoms with Crippen molar-refractivity contribution in [3.63, 3.8) is 0 Å². The van der Waals surface area contributed by atoms with Crippen LogP contribution in [0.4, 0.5) is 11.4 Å². The van der Waals surface area contributed by atoms with Gasteiger partial charge in [-0.1, -0.05) is 19.8 Å².